The van der Waals surface area contributed by atoms with Gasteiger partial charge in [0.05, 0.1) is 0 Å². The number of hydrogen-bond donors (Lipinski definition) is 1. The van der Waals surface area contributed by atoms with Gasteiger partial charge in [0, 0.05) is 12.8 Å². The molecule has 5 nitrogen and oxygen atoms in total. The monoisotopic (exact) mass is 645 g/mol. The molecule has 0 rings (SSSR count). The minimum Gasteiger partial charge on any atom is -0.463 e. The predicted octanol–water partition coefficient (Wildman–Crippen LogP) is 11.8. The van der Waals surface area contributed by atoms with E-state index in [-0.39, 0.29) is 25.2 Å². The zero-order chi connectivity index (χ0) is 33.6. The fraction of sp³-hybridized carbons (Fsp3) is 0.756. The third-order valence-electron chi connectivity index (χ3n) is 8.05. The molecule has 0 unspecified atom stereocenters. The van der Waals surface area contributed by atoms with Crippen molar-refractivity contribution in [3.8, 4) is 0 Å². The summed E-state index contributed by atoms with van der Waals surface area (Å²) in [5, 5.41) is 10.0. The zero-order valence-electron chi connectivity index (χ0n) is 30.1. The average Bonchev–Trinajstić information content (AvgIpc) is 3.06. The first kappa shape index (κ1) is 43.9. The quantitative estimate of drug-likeness (QED) is 0.0429. The van der Waals surface area contributed by atoms with E-state index in [1.165, 1.54) is 89.9 Å². The van der Waals surface area contributed by atoms with Crippen molar-refractivity contribution in [2.45, 2.75) is 187 Å². The van der Waals surface area contributed by atoms with Crippen LogP contribution in [0.3, 0.4) is 0 Å². The lowest BCUT2D eigenvalue weighted by atomic mass is 10.1. The summed E-state index contributed by atoms with van der Waals surface area (Å²) < 4.78 is 10.3. The summed E-state index contributed by atoms with van der Waals surface area (Å²) in [6.07, 6.45) is 45.9. The third-order valence-corrected chi connectivity index (χ3v) is 8.05. The molecule has 0 aromatic heterocycles. The molecule has 46 heavy (non-hydrogen) atoms. The van der Waals surface area contributed by atoms with Gasteiger partial charge in [0.25, 0.3) is 0 Å². The normalized spacial score (nSPS) is 12.7. The minimum atomic E-state index is -0.972. The largest absolute Gasteiger partial charge is 0.463 e. The second kappa shape index (κ2) is 37.3. The van der Waals surface area contributed by atoms with Crippen LogP contribution < -0.4 is 0 Å². The Hall–Kier alpha value is -2.14. The Kier molecular flexibility index (Phi) is 35.6. The Morgan fingerprint density at radius 1 is 0.478 bits per heavy atom. The van der Waals surface area contributed by atoms with Crippen LogP contribution in [-0.4, -0.2) is 36.4 Å². The van der Waals surface area contributed by atoms with E-state index in [9.17, 15) is 14.7 Å². The molecule has 0 aliphatic rings. The van der Waals surface area contributed by atoms with Crippen LogP contribution in [0.15, 0.2) is 48.6 Å². The molecule has 0 saturated heterocycles. The number of allylic oxidation sites excluding steroid dienone is 8. The molecule has 0 aliphatic carbocycles. The van der Waals surface area contributed by atoms with Gasteiger partial charge in [-0.25, -0.2) is 0 Å². The third kappa shape index (κ3) is 36.3. The summed E-state index contributed by atoms with van der Waals surface area (Å²) in [7, 11) is 0. The zero-order valence-corrected chi connectivity index (χ0v) is 30.1. The summed E-state index contributed by atoms with van der Waals surface area (Å²) in [4.78, 5) is 23.9. The Bertz CT molecular complexity index is 782. The maximum absolute atomic E-state index is 12.0. The summed E-state index contributed by atoms with van der Waals surface area (Å²) >= 11 is 0. The van der Waals surface area contributed by atoms with Crippen molar-refractivity contribution in [3.05, 3.63) is 48.6 Å². The van der Waals surface area contributed by atoms with Gasteiger partial charge in [0.15, 0.2) is 0 Å². The molecule has 0 aromatic rings. The SMILES string of the molecule is CC/C=C\C/C=C\C/C=C\CCCCCCCC(=O)OC[C@H](O)COC(=O)CCCCCCCCC/C=C\CCCCCCCC. The highest BCUT2D eigenvalue weighted by Crippen LogP contribution is 2.12. The molecule has 0 radical (unpaired) electrons. The second-order valence-electron chi connectivity index (χ2n) is 12.7. The number of hydrogen-bond acceptors (Lipinski definition) is 5. The maximum Gasteiger partial charge on any atom is 0.305 e. The summed E-state index contributed by atoms with van der Waals surface area (Å²) in [6.45, 7) is 4.16. The highest BCUT2D eigenvalue weighted by Gasteiger charge is 2.12. The highest BCUT2D eigenvalue weighted by atomic mass is 16.6. The van der Waals surface area contributed by atoms with Crippen molar-refractivity contribution >= 4 is 11.9 Å². The van der Waals surface area contributed by atoms with E-state index in [2.05, 4.69) is 62.5 Å². The molecule has 0 bridgehead atoms. The molecule has 0 saturated carbocycles. The topological polar surface area (TPSA) is 72.8 Å². The van der Waals surface area contributed by atoms with E-state index < -0.39 is 6.10 Å². The van der Waals surface area contributed by atoms with E-state index in [0.717, 1.165) is 64.2 Å². The van der Waals surface area contributed by atoms with Gasteiger partial charge < -0.3 is 14.6 Å². The van der Waals surface area contributed by atoms with E-state index in [1.807, 2.05) is 0 Å². The van der Waals surface area contributed by atoms with Crippen LogP contribution in [0.2, 0.25) is 0 Å². The van der Waals surface area contributed by atoms with Crippen molar-refractivity contribution < 1.29 is 24.2 Å². The number of carbonyl (C=O) groups is 2. The maximum atomic E-state index is 12.0. The van der Waals surface area contributed by atoms with Crippen LogP contribution in [0.5, 0.6) is 0 Å². The highest BCUT2D eigenvalue weighted by molar-refractivity contribution is 5.69. The van der Waals surface area contributed by atoms with Crippen LogP contribution in [0.1, 0.15) is 181 Å². The van der Waals surface area contributed by atoms with Crippen molar-refractivity contribution in [3.63, 3.8) is 0 Å². The molecule has 266 valence electrons. The molecule has 0 spiro atoms. The van der Waals surface area contributed by atoms with Crippen molar-refractivity contribution in [1.29, 1.82) is 0 Å². The van der Waals surface area contributed by atoms with E-state index in [1.54, 1.807) is 0 Å². The van der Waals surface area contributed by atoms with Gasteiger partial charge in [0.1, 0.15) is 19.3 Å². The lowest BCUT2D eigenvalue weighted by Crippen LogP contribution is -2.25. The van der Waals surface area contributed by atoms with Crippen LogP contribution in [0.25, 0.3) is 0 Å². The molecular formula is C41H72O5. The lowest BCUT2D eigenvalue weighted by molar-refractivity contribution is -0.152. The Morgan fingerprint density at radius 3 is 1.26 bits per heavy atom. The van der Waals surface area contributed by atoms with Crippen LogP contribution in [-0.2, 0) is 19.1 Å². The summed E-state index contributed by atoms with van der Waals surface area (Å²) in [5.74, 6) is -0.590. The van der Waals surface area contributed by atoms with Gasteiger partial charge in [-0.05, 0) is 70.6 Å². The Balaban J connectivity index is 3.47. The van der Waals surface area contributed by atoms with Crippen molar-refractivity contribution in [1.82, 2.24) is 0 Å². The first-order valence-electron chi connectivity index (χ1n) is 19.2. The molecule has 1 N–H and O–H groups in total. The Labute approximate surface area is 284 Å². The van der Waals surface area contributed by atoms with Gasteiger partial charge in [-0.1, -0.05) is 146 Å². The molecular weight excluding hydrogens is 572 g/mol. The van der Waals surface area contributed by atoms with Gasteiger partial charge in [-0.15, -0.1) is 0 Å². The van der Waals surface area contributed by atoms with E-state index in [0.29, 0.717) is 12.8 Å². The molecule has 0 aliphatic heterocycles. The van der Waals surface area contributed by atoms with Crippen molar-refractivity contribution in [2.75, 3.05) is 13.2 Å². The van der Waals surface area contributed by atoms with Crippen LogP contribution >= 0.6 is 0 Å². The number of aliphatic hydroxyl groups excluding tert-OH is 1. The fourth-order valence-corrected chi connectivity index (χ4v) is 5.15. The molecule has 1 atom stereocenters. The first-order chi connectivity index (χ1) is 22.6. The van der Waals surface area contributed by atoms with E-state index in [4.69, 9.17) is 9.47 Å². The number of aliphatic hydroxyl groups is 1. The van der Waals surface area contributed by atoms with Gasteiger partial charge in [-0.3, -0.25) is 9.59 Å². The van der Waals surface area contributed by atoms with Crippen LogP contribution in [0.4, 0.5) is 0 Å². The molecule has 0 aromatic carbocycles. The smallest absolute Gasteiger partial charge is 0.305 e. The van der Waals surface area contributed by atoms with Gasteiger partial charge >= 0.3 is 11.9 Å². The minimum absolute atomic E-state index is 0.124. The number of rotatable bonds is 34. The number of esters is 2. The summed E-state index contributed by atoms with van der Waals surface area (Å²) in [6, 6.07) is 0. The summed E-state index contributed by atoms with van der Waals surface area (Å²) in [5.41, 5.74) is 0. The number of ether oxygens (including phenoxy) is 2. The Morgan fingerprint density at radius 2 is 0.826 bits per heavy atom. The van der Waals surface area contributed by atoms with Crippen molar-refractivity contribution in [2.24, 2.45) is 0 Å². The van der Waals surface area contributed by atoms with Gasteiger partial charge in [0.2, 0.25) is 0 Å². The van der Waals surface area contributed by atoms with Crippen LogP contribution in [0, 0.1) is 0 Å². The van der Waals surface area contributed by atoms with Gasteiger partial charge in [-0.2, -0.15) is 0 Å². The molecule has 5 heteroatoms. The second-order valence-corrected chi connectivity index (χ2v) is 12.7. The number of carbonyl (C=O) groups excluding carboxylic acids is 2. The lowest BCUT2D eigenvalue weighted by Gasteiger charge is -2.12. The molecule has 0 fully saturated rings. The fourth-order valence-electron chi connectivity index (χ4n) is 5.15. The molecule has 0 heterocycles. The molecule has 0 amide bonds. The average molecular weight is 645 g/mol. The van der Waals surface area contributed by atoms with E-state index >= 15 is 0 Å². The standard InChI is InChI=1S/C41H72O5/c1-3-5-7-9-11-13-15-17-19-20-22-24-26-28-30-32-34-36-41(44)46-38-39(42)37-45-40(43)35-33-31-29-27-25-23-21-18-16-14-12-10-8-6-4-2/h6,8,12,14,17-19,21,39,42H,3-5,7,9-11,13,15-16,20,22-38H2,1-2H3/b8-6-,14-12-,19-17-,21-18-/t39-/m0/s1. The number of unbranched alkanes of at least 4 members (excludes halogenated alkanes) is 18. The first-order valence-corrected chi connectivity index (χ1v) is 19.2. The predicted molar refractivity (Wildman–Crippen MR) is 196 cm³/mol.